The molecule has 0 amide bonds. The molecule has 0 spiro atoms. The summed E-state index contributed by atoms with van der Waals surface area (Å²) in [5, 5.41) is 9.51. The van der Waals surface area contributed by atoms with Crippen molar-refractivity contribution in [2.45, 2.75) is 12.8 Å². The fourth-order valence-electron chi connectivity index (χ4n) is 5.88. The number of hydrogen-bond donors (Lipinski definition) is 0. The van der Waals surface area contributed by atoms with Gasteiger partial charge in [0, 0.05) is 15.9 Å². The van der Waals surface area contributed by atoms with Gasteiger partial charge >= 0.3 is 0 Å². The molecule has 1 atom stereocenters. The number of fused-ring (bicyclic) bond motifs is 6. The molecule has 2 heteroatoms. The van der Waals surface area contributed by atoms with E-state index in [0.29, 0.717) is 0 Å². The first-order valence-electron chi connectivity index (χ1n) is 12.5. The maximum atomic E-state index is 16.0. The summed E-state index contributed by atoms with van der Waals surface area (Å²) in [7, 11) is -3.24. The molecule has 0 radical (unpaired) electrons. The van der Waals surface area contributed by atoms with E-state index in [1.165, 1.54) is 21.9 Å². The molecule has 0 saturated carbocycles. The second-order valence-corrected chi connectivity index (χ2v) is 12.3. The molecule has 0 bridgehead atoms. The summed E-state index contributed by atoms with van der Waals surface area (Å²) in [6, 6.07) is 39.9. The fraction of sp³-hybridized carbons (Fsp3) is 0.0588. The number of aryl methyl sites for hydroxylation is 1. The minimum atomic E-state index is -3.24. The first-order chi connectivity index (χ1) is 17.7. The summed E-state index contributed by atoms with van der Waals surface area (Å²) < 4.78 is 16.0. The Hall–Kier alpha value is -3.93. The Morgan fingerprint density at radius 2 is 1.14 bits per heavy atom. The van der Waals surface area contributed by atoms with Crippen LogP contribution in [0.4, 0.5) is 0 Å². The number of benzene rings is 6. The van der Waals surface area contributed by atoms with Gasteiger partial charge in [0.05, 0.1) is 0 Å². The van der Waals surface area contributed by atoms with Crippen LogP contribution in [-0.4, -0.2) is 0 Å². The van der Waals surface area contributed by atoms with E-state index in [1.807, 2.05) is 30.3 Å². The molecule has 1 unspecified atom stereocenters. The van der Waals surface area contributed by atoms with Crippen molar-refractivity contribution in [1.29, 1.82) is 0 Å². The van der Waals surface area contributed by atoms with Crippen LogP contribution in [0.3, 0.4) is 0 Å². The van der Waals surface area contributed by atoms with E-state index in [2.05, 4.69) is 97.1 Å². The zero-order valence-corrected chi connectivity index (χ0v) is 20.8. The van der Waals surface area contributed by atoms with Crippen LogP contribution in [-0.2, 0) is 11.0 Å². The van der Waals surface area contributed by atoms with Crippen LogP contribution in [0.5, 0.6) is 0 Å². The Bertz CT molecular complexity index is 1860. The first kappa shape index (κ1) is 21.4. The zero-order chi connectivity index (χ0) is 24.1. The molecule has 0 saturated heterocycles. The maximum absolute atomic E-state index is 16.0. The summed E-state index contributed by atoms with van der Waals surface area (Å²) in [5.41, 5.74) is 2.55. The van der Waals surface area contributed by atoms with Crippen molar-refractivity contribution in [3.8, 4) is 0 Å². The van der Waals surface area contributed by atoms with E-state index in [9.17, 15) is 0 Å². The molecular formula is C34H25OP. The zero-order valence-electron chi connectivity index (χ0n) is 19.9. The average molecular weight is 481 g/mol. The SMILES string of the molecule is O=P(c1ccccc1)(c1cc2c(c3ccccc13)C=CCC2)c1cc2ccccc2c2ccccc12. The van der Waals surface area contributed by atoms with E-state index >= 15 is 4.57 Å². The molecule has 36 heavy (non-hydrogen) atoms. The van der Waals surface area contributed by atoms with Crippen LogP contribution in [0.1, 0.15) is 17.5 Å². The third-order valence-electron chi connectivity index (χ3n) is 7.56. The molecule has 1 aliphatic rings. The fourth-order valence-corrected chi connectivity index (χ4v) is 9.01. The van der Waals surface area contributed by atoms with E-state index in [4.69, 9.17) is 0 Å². The summed E-state index contributed by atoms with van der Waals surface area (Å²) in [6.45, 7) is 0. The Morgan fingerprint density at radius 1 is 0.556 bits per heavy atom. The lowest BCUT2D eigenvalue weighted by atomic mass is 9.92. The van der Waals surface area contributed by atoms with Gasteiger partial charge in [0.15, 0.2) is 7.14 Å². The van der Waals surface area contributed by atoms with Gasteiger partial charge in [-0.05, 0) is 68.4 Å². The molecule has 6 aromatic rings. The summed E-state index contributed by atoms with van der Waals surface area (Å²) in [6.07, 6.45) is 6.47. The van der Waals surface area contributed by atoms with Crippen molar-refractivity contribution in [2.24, 2.45) is 0 Å². The van der Waals surface area contributed by atoms with Gasteiger partial charge in [-0.1, -0.05) is 115 Å². The molecule has 0 fully saturated rings. The van der Waals surface area contributed by atoms with Gasteiger partial charge < -0.3 is 4.57 Å². The Kier molecular flexibility index (Phi) is 4.94. The van der Waals surface area contributed by atoms with Crippen molar-refractivity contribution >= 4 is 61.4 Å². The van der Waals surface area contributed by atoms with E-state index in [1.54, 1.807) is 0 Å². The molecule has 0 aromatic heterocycles. The lowest BCUT2D eigenvalue weighted by Crippen LogP contribution is -2.27. The van der Waals surface area contributed by atoms with Gasteiger partial charge in [-0.3, -0.25) is 0 Å². The summed E-state index contributed by atoms with van der Waals surface area (Å²) in [4.78, 5) is 0. The molecule has 172 valence electrons. The van der Waals surface area contributed by atoms with Crippen molar-refractivity contribution in [3.63, 3.8) is 0 Å². The molecule has 0 heterocycles. The average Bonchev–Trinajstić information content (AvgIpc) is 2.96. The number of allylic oxidation sites excluding steroid dienone is 1. The van der Waals surface area contributed by atoms with Crippen LogP contribution >= 0.6 is 7.14 Å². The van der Waals surface area contributed by atoms with E-state index in [-0.39, 0.29) is 0 Å². The Balaban J connectivity index is 1.68. The third-order valence-corrected chi connectivity index (χ3v) is 10.7. The predicted molar refractivity (Wildman–Crippen MR) is 156 cm³/mol. The standard InChI is InChI=1S/C34H25OP/c35-36(26-14-2-1-3-15-26,33-22-24-12-4-6-16-27(24)29-18-8-10-20-31(29)33)34-23-25-13-5-7-17-28(25)30-19-9-11-21-32(30)34/h1-4,6-12,14-23H,5,13H2. The van der Waals surface area contributed by atoms with Crippen molar-refractivity contribution in [1.82, 2.24) is 0 Å². The van der Waals surface area contributed by atoms with Crippen LogP contribution < -0.4 is 15.9 Å². The van der Waals surface area contributed by atoms with E-state index in [0.717, 1.165) is 50.3 Å². The smallest absolute Gasteiger partial charge is 0.172 e. The molecule has 1 nitrogen and oxygen atoms in total. The van der Waals surface area contributed by atoms with Gasteiger partial charge in [0.25, 0.3) is 0 Å². The monoisotopic (exact) mass is 480 g/mol. The highest BCUT2D eigenvalue weighted by molar-refractivity contribution is 7.86. The van der Waals surface area contributed by atoms with Crippen molar-refractivity contribution < 1.29 is 4.57 Å². The minimum Gasteiger partial charge on any atom is -0.309 e. The predicted octanol–water partition coefficient (Wildman–Crippen LogP) is 7.75. The van der Waals surface area contributed by atoms with Gasteiger partial charge in [-0.25, -0.2) is 0 Å². The topological polar surface area (TPSA) is 17.1 Å². The first-order valence-corrected chi connectivity index (χ1v) is 14.2. The highest BCUT2D eigenvalue weighted by atomic mass is 31.2. The summed E-state index contributed by atoms with van der Waals surface area (Å²) >= 11 is 0. The molecule has 7 rings (SSSR count). The van der Waals surface area contributed by atoms with Crippen LogP contribution in [0.25, 0.3) is 38.4 Å². The minimum absolute atomic E-state index is 0.877. The van der Waals surface area contributed by atoms with Gasteiger partial charge in [-0.15, -0.1) is 0 Å². The normalized spacial score (nSPS) is 14.7. The summed E-state index contributed by atoms with van der Waals surface area (Å²) in [5.74, 6) is 0. The third kappa shape index (κ3) is 3.13. The number of hydrogen-bond acceptors (Lipinski definition) is 1. The second kappa shape index (κ2) is 8.33. The Morgan fingerprint density at radius 3 is 1.92 bits per heavy atom. The lowest BCUT2D eigenvalue weighted by Gasteiger charge is -2.26. The molecule has 6 aromatic carbocycles. The van der Waals surface area contributed by atoms with Crippen LogP contribution in [0.2, 0.25) is 0 Å². The quantitative estimate of drug-likeness (QED) is 0.187. The molecule has 0 N–H and O–H groups in total. The molecule has 1 aliphatic carbocycles. The lowest BCUT2D eigenvalue weighted by molar-refractivity contribution is 0.593. The van der Waals surface area contributed by atoms with Gasteiger partial charge in [0.2, 0.25) is 0 Å². The highest BCUT2D eigenvalue weighted by Crippen LogP contribution is 2.48. The van der Waals surface area contributed by atoms with Gasteiger partial charge in [0.1, 0.15) is 0 Å². The Labute approximate surface area is 211 Å². The molecule has 0 aliphatic heterocycles. The van der Waals surface area contributed by atoms with E-state index < -0.39 is 7.14 Å². The second-order valence-electron chi connectivity index (χ2n) is 9.56. The van der Waals surface area contributed by atoms with Gasteiger partial charge in [-0.2, -0.15) is 0 Å². The largest absolute Gasteiger partial charge is 0.309 e. The molecular weight excluding hydrogens is 455 g/mol. The maximum Gasteiger partial charge on any atom is 0.172 e. The number of rotatable bonds is 3. The van der Waals surface area contributed by atoms with Crippen LogP contribution in [0.15, 0.2) is 121 Å². The highest BCUT2D eigenvalue weighted by Gasteiger charge is 2.34. The van der Waals surface area contributed by atoms with Crippen LogP contribution in [0, 0.1) is 0 Å². The van der Waals surface area contributed by atoms with Crippen molar-refractivity contribution in [2.75, 3.05) is 0 Å². The van der Waals surface area contributed by atoms with Crippen molar-refractivity contribution in [3.05, 3.63) is 132 Å².